The van der Waals surface area contributed by atoms with E-state index in [0.29, 0.717) is 12.4 Å². The van der Waals surface area contributed by atoms with Gasteiger partial charge in [0.15, 0.2) is 0 Å². The third kappa shape index (κ3) is 2.76. The minimum atomic E-state index is -0.420. The third-order valence-electron chi connectivity index (χ3n) is 6.40. The van der Waals surface area contributed by atoms with E-state index in [4.69, 9.17) is 4.74 Å². The molecule has 1 unspecified atom stereocenters. The molecule has 136 valence electrons. The fraction of sp³-hybridized carbons (Fsp3) is 0.435. The molecule has 2 aromatic carbocycles. The second-order valence-electron chi connectivity index (χ2n) is 7.91. The lowest BCUT2D eigenvalue weighted by molar-refractivity contribution is -0.155. The molecule has 0 radical (unpaired) electrons. The summed E-state index contributed by atoms with van der Waals surface area (Å²) < 4.78 is 7.21. The van der Waals surface area contributed by atoms with Crippen molar-refractivity contribution in [3.63, 3.8) is 0 Å². The van der Waals surface area contributed by atoms with Crippen molar-refractivity contribution < 1.29 is 9.53 Å². The van der Waals surface area contributed by atoms with Crippen molar-refractivity contribution >= 4 is 21.7 Å². The van der Waals surface area contributed by atoms with Crippen molar-refractivity contribution in [2.45, 2.75) is 50.5 Å². The van der Waals surface area contributed by atoms with E-state index in [9.17, 15) is 4.79 Å². The largest absolute Gasteiger partial charge is 0.375 e. The molecule has 2 nitrogen and oxygen atoms in total. The van der Waals surface area contributed by atoms with E-state index in [-0.39, 0.29) is 11.5 Å². The van der Waals surface area contributed by atoms with Gasteiger partial charge in [0.05, 0.1) is 16.9 Å². The molecular formula is C23H25BrO2. The lowest BCUT2D eigenvalue weighted by Gasteiger charge is -2.52. The first-order chi connectivity index (χ1) is 12.5. The van der Waals surface area contributed by atoms with Crippen LogP contribution >= 0.6 is 15.9 Å². The zero-order chi connectivity index (χ0) is 18.4. The molecule has 0 spiro atoms. The van der Waals surface area contributed by atoms with Crippen molar-refractivity contribution in [2.24, 2.45) is 5.92 Å². The second kappa shape index (κ2) is 6.61. The fourth-order valence-corrected chi connectivity index (χ4v) is 5.49. The maximum absolute atomic E-state index is 13.8. The molecule has 0 aromatic heterocycles. The van der Waals surface area contributed by atoms with E-state index < -0.39 is 5.41 Å². The Kier molecular flexibility index (Phi) is 4.56. The standard InChI is InChI=1S/C23H25BrO2/c1-3-26-22(2)11-12-23(15-16-7-5-4-6-8-16)19-10-9-18(24)13-17(19)14-20(22)21(23)25/h4-10,13,20H,3,11-12,14-15H2,1-2H3/t20?,22-,23-/m1/s1. The maximum Gasteiger partial charge on any atom is 0.150 e. The predicted molar refractivity (Wildman–Crippen MR) is 107 cm³/mol. The van der Waals surface area contributed by atoms with Gasteiger partial charge in [0.1, 0.15) is 5.78 Å². The van der Waals surface area contributed by atoms with E-state index in [1.807, 2.05) is 13.0 Å². The number of hydrogen-bond acceptors (Lipinski definition) is 2. The van der Waals surface area contributed by atoms with Gasteiger partial charge in [-0.25, -0.2) is 0 Å². The highest BCUT2D eigenvalue weighted by Gasteiger charge is 2.57. The number of rotatable bonds is 4. The summed E-state index contributed by atoms with van der Waals surface area (Å²) in [5, 5.41) is 0. The first-order valence-electron chi connectivity index (χ1n) is 9.50. The van der Waals surface area contributed by atoms with Crippen LogP contribution in [-0.4, -0.2) is 18.0 Å². The summed E-state index contributed by atoms with van der Waals surface area (Å²) in [5.41, 5.74) is 2.98. The Hall–Kier alpha value is -1.45. The Labute approximate surface area is 164 Å². The second-order valence-corrected chi connectivity index (χ2v) is 8.83. The molecule has 26 heavy (non-hydrogen) atoms. The van der Waals surface area contributed by atoms with Gasteiger partial charge < -0.3 is 4.74 Å². The number of Topliss-reactive ketones (excluding diaryl/α,β-unsaturated/α-hetero) is 1. The monoisotopic (exact) mass is 412 g/mol. The van der Waals surface area contributed by atoms with E-state index in [1.165, 1.54) is 16.7 Å². The molecule has 2 aromatic rings. The molecule has 3 atom stereocenters. The smallest absolute Gasteiger partial charge is 0.150 e. The van der Waals surface area contributed by atoms with Crippen LogP contribution in [0, 0.1) is 5.92 Å². The fourth-order valence-electron chi connectivity index (χ4n) is 5.08. The van der Waals surface area contributed by atoms with Crippen LogP contribution in [0.1, 0.15) is 43.4 Å². The summed E-state index contributed by atoms with van der Waals surface area (Å²) in [7, 11) is 0. The van der Waals surface area contributed by atoms with Gasteiger partial charge in [-0.15, -0.1) is 0 Å². The molecule has 1 saturated carbocycles. The van der Waals surface area contributed by atoms with Gasteiger partial charge >= 0.3 is 0 Å². The summed E-state index contributed by atoms with van der Waals surface area (Å²) >= 11 is 3.61. The summed E-state index contributed by atoms with van der Waals surface area (Å²) in [4.78, 5) is 13.8. The lowest BCUT2D eigenvalue weighted by Crippen LogP contribution is -2.59. The van der Waals surface area contributed by atoms with Gasteiger partial charge in [-0.3, -0.25) is 4.79 Å². The molecule has 1 fully saturated rings. The average molecular weight is 413 g/mol. The quantitative estimate of drug-likeness (QED) is 0.684. The van der Waals surface area contributed by atoms with Crippen LogP contribution in [0.4, 0.5) is 0 Å². The number of hydrogen-bond donors (Lipinski definition) is 0. The normalized spacial score (nSPS) is 30.1. The Morgan fingerprint density at radius 1 is 1.15 bits per heavy atom. The van der Waals surface area contributed by atoms with Gasteiger partial charge in [-0.2, -0.15) is 0 Å². The molecule has 0 N–H and O–H groups in total. The summed E-state index contributed by atoms with van der Waals surface area (Å²) in [6.07, 6.45) is 3.34. The molecule has 2 bridgehead atoms. The van der Waals surface area contributed by atoms with Gasteiger partial charge in [-0.05, 0) is 68.4 Å². The Balaban J connectivity index is 1.85. The minimum Gasteiger partial charge on any atom is -0.375 e. The molecule has 0 amide bonds. The predicted octanol–water partition coefficient (Wildman–Crippen LogP) is 5.26. The van der Waals surface area contributed by atoms with Gasteiger partial charge in [-0.1, -0.05) is 52.3 Å². The molecule has 2 aliphatic rings. The van der Waals surface area contributed by atoms with Crippen LogP contribution < -0.4 is 0 Å². The van der Waals surface area contributed by atoms with Crippen LogP contribution in [0.5, 0.6) is 0 Å². The highest BCUT2D eigenvalue weighted by Crippen LogP contribution is 2.52. The first-order valence-corrected chi connectivity index (χ1v) is 10.3. The zero-order valence-electron chi connectivity index (χ0n) is 15.4. The van der Waals surface area contributed by atoms with E-state index in [1.54, 1.807) is 0 Å². The number of carbonyl (C=O) groups is 1. The minimum absolute atomic E-state index is 0.0679. The molecule has 0 saturated heterocycles. The summed E-state index contributed by atoms with van der Waals surface area (Å²) in [6.45, 7) is 4.81. The molecule has 2 aliphatic carbocycles. The van der Waals surface area contributed by atoms with Crippen molar-refractivity contribution in [1.82, 2.24) is 0 Å². The van der Waals surface area contributed by atoms with E-state index in [0.717, 1.165) is 30.2 Å². The highest BCUT2D eigenvalue weighted by molar-refractivity contribution is 9.10. The molecule has 0 heterocycles. The third-order valence-corrected chi connectivity index (χ3v) is 6.90. The molecular weight excluding hydrogens is 388 g/mol. The summed E-state index contributed by atoms with van der Waals surface area (Å²) in [6, 6.07) is 16.9. The van der Waals surface area contributed by atoms with Crippen molar-refractivity contribution in [2.75, 3.05) is 6.61 Å². The number of ether oxygens (including phenoxy) is 1. The van der Waals surface area contributed by atoms with Crippen LogP contribution in [-0.2, 0) is 27.8 Å². The maximum atomic E-state index is 13.8. The molecule has 4 rings (SSSR count). The molecule has 3 heteroatoms. The average Bonchev–Trinajstić information content (AvgIpc) is 2.62. The number of halogens is 1. The number of carbonyl (C=O) groups excluding carboxylic acids is 1. The van der Waals surface area contributed by atoms with E-state index in [2.05, 4.69) is 65.3 Å². The van der Waals surface area contributed by atoms with Crippen molar-refractivity contribution in [3.05, 3.63) is 69.7 Å². The van der Waals surface area contributed by atoms with Gasteiger partial charge in [0.25, 0.3) is 0 Å². The van der Waals surface area contributed by atoms with Gasteiger partial charge in [0.2, 0.25) is 0 Å². The lowest BCUT2D eigenvalue weighted by atomic mass is 9.53. The first kappa shape index (κ1) is 17.9. The van der Waals surface area contributed by atoms with Crippen molar-refractivity contribution in [1.29, 1.82) is 0 Å². The van der Waals surface area contributed by atoms with Crippen LogP contribution in [0.3, 0.4) is 0 Å². The zero-order valence-corrected chi connectivity index (χ0v) is 17.0. The number of benzene rings is 2. The Morgan fingerprint density at radius 2 is 1.92 bits per heavy atom. The van der Waals surface area contributed by atoms with Crippen LogP contribution in [0.15, 0.2) is 53.0 Å². The van der Waals surface area contributed by atoms with Crippen molar-refractivity contribution in [3.8, 4) is 0 Å². The summed E-state index contributed by atoms with van der Waals surface area (Å²) in [5.74, 6) is 0.306. The van der Waals surface area contributed by atoms with Gasteiger partial charge in [0, 0.05) is 11.1 Å². The van der Waals surface area contributed by atoms with Crippen LogP contribution in [0.2, 0.25) is 0 Å². The van der Waals surface area contributed by atoms with E-state index >= 15 is 0 Å². The number of fused-ring (bicyclic) bond motifs is 4. The highest BCUT2D eigenvalue weighted by atomic mass is 79.9. The Bertz CT molecular complexity index is 831. The topological polar surface area (TPSA) is 26.3 Å². The van der Waals surface area contributed by atoms with Crippen LogP contribution in [0.25, 0.3) is 0 Å². The number of ketones is 1. The Morgan fingerprint density at radius 3 is 2.65 bits per heavy atom. The SMILES string of the molecule is CCO[C@]1(C)CC[C@]2(Cc3ccccc3)C(=O)C1Cc1cc(Br)ccc12. The molecule has 0 aliphatic heterocycles.